The summed E-state index contributed by atoms with van der Waals surface area (Å²) in [5, 5.41) is 0. The van der Waals surface area contributed by atoms with E-state index in [4.69, 9.17) is 12.3 Å². The Balaban J connectivity index is 3.31. The average molecular weight is 325 g/mol. The predicted molar refractivity (Wildman–Crippen MR) is 65.2 cm³/mol. The standard InChI is InChI=1S/C12H9F6N3O/c1-20-9-3-2-7(4-8(9)12(16,17)18)21(5-10(19)22)6-11(13,14)15/h2-4H,5-6H2,(H2,19,22). The third-order valence-corrected chi connectivity index (χ3v) is 2.49. The molecule has 0 aliphatic carbocycles. The van der Waals surface area contributed by atoms with Crippen molar-refractivity contribution in [1.82, 2.24) is 0 Å². The number of nitrogens with two attached hydrogens (primary N) is 1. The summed E-state index contributed by atoms with van der Waals surface area (Å²) in [6.45, 7) is 4.10. The van der Waals surface area contributed by atoms with Crippen LogP contribution in [0, 0.1) is 6.57 Å². The zero-order valence-corrected chi connectivity index (χ0v) is 10.8. The third kappa shape index (κ3) is 4.83. The summed E-state index contributed by atoms with van der Waals surface area (Å²) in [5.74, 6) is -1.13. The molecule has 0 aromatic heterocycles. The van der Waals surface area contributed by atoms with Crippen molar-refractivity contribution < 1.29 is 31.1 Å². The third-order valence-electron chi connectivity index (χ3n) is 2.49. The first-order chi connectivity index (χ1) is 9.94. The van der Waals surface area contributed by atoms with Crippen molar-refractivity contribution in [2.24, 2.45) is 5.73 Å². The normalized spacial score (nSPS) is 11.9. The molecule has 0 saturated carbocycles. The molecule has 1 aromatic carbocycles. The fraction of sp³-hybridized carbons (Fsp3) is 0.333. The summed E-state index contributed by atoms with van der Waals surface area (Å²) in [4.78, 5) is 13.9. The number of nitrogens with zero attached hydrogens (tertiary/aromatic N) is 2. The van der Waals surface area contributed by atoms with Gasteiger partial charge in [0.2, 0.25) is 5.91 Å². The second-order valence-electron chi connectivity index (χ2n) is 4.25. The number of alkyl halides is 6. The van der Waals surface area contributed by atoms with Gasteiger partial charge in [0.15, 0.2) is 5.69 Å². The predicted octanol–water partition coefficient (Wildman–Crippen LogP) is 3.11. The highest BCUT2D eigenvalue weighted by Crippen LogP contribution is 2.39. The lowest BCUT2D eigenvalue weighted by molar-refractivity contribution is -0.136. The molecule has 1 aromatic rings. The van der Waals surface area contributed by atoms with Crippen LogP contribution in [0.1, 0.15) is 5.56 Å². The van der Waals surface area contributed by atoms with Gasteiger partial charge in [-0.25, -0.2) is 4.85 Å². The molecule has 0 aliphatic heterocycles. The largest absolute Gasteiger partial charge is 0.407 e. The summed E-state index contributed by atoms with van der Waals surface area (Å²) < 4.78 is 75.8. The molecule has 1 rings (SSSR count). The Morgan fingerprint density at radius 1 is 1.23 bits per heavy atom. The zero-order valence-electron chi connectivity index (χ0n) is 10.8. The van der Waals surface area contributed by atoms with Crippen LogP contribution in [0.25, 0.3) is 4.85 Å². The molecule has 0 heterocycles. The number of primary amides is 1. The van der Waals surface area contributed by atoms with Crippen LogP contribution in [0.15, 0.2) is 18.2 Å². The average Bonchev–Trinajstić information content (AvgIpc) is 2.34. The van der Waals surface area contributed by atoms with E-state index in [0.717, 1.165) is 12.1 Å². The number of carbonyl (C=O) groups excluding carboxylic acids is 1. The number of halogens is 6. The van der Waals surface area contributed by atoms with E-state index in [1.54, 1.807) is 0 Å². The van der Waals surface area contributed by atoms with Gasteiger partial charge >= 0.3 is 12.4 Å². The van der Waals surface area contributed by atoms with Crippen molar-refractivity contribution in [3.8, 4) is 0 Å². The van der Waals surface area contributed by atoms with Crippen molar-refractivity contribution in [2.75, 3.05) is 18.0 Å². The van der Waals surface area contributed by atoms with Gasteiger partial charge in [-0.05, 0) is 12.1 Å². The van der Waals surface area contributed by atoms with Gasteiger partial charge in [0.05, 0.1) is 18.7 Å². The van der Waals surface area contributed by atoms with Crippen molar-refractivity contribution in [1.29, 1.82) is 0 Å². The zero-order chi connectivity index (χ0) is 17.1. The summed E-state index contributed by atoms with van der Waals surface area (Å²) in [7, 11) is 0. The molecular formula is C12H9F6N3O. The van der Waals surface area contributed by atoms with Crippen molar-refractivity contribution in [3.05, 3.63) is 35.2 Å². The number of hydrogen-bond acceptors (Lipinski definition) is 2. The Hall–Kier alpha value is -2.44. The highest BCUT2D eigenvalue weighted by atomic mass is 19.4. The smallest absolute Gasteiger partial charge is 0.368 e. The molecule has 0 saturated heterocycles. The van der Waals surface area contributed by atoms with Gasteiger partial charge in [-0.3, -0.25) is 4.79 Å². The van der Waals surface area contributed by atoms with Crippen LogP contribution >= 0.6 is 0 Å². The van der Waals surface area contributed by atoms with Crippen molar-refractivity contribution >= 4 is 17.3 Å². The molecule has 0 bridgehead atoms. The Labute approximate surface area is 120 Å². The Morgan fingerprint density at radius 2 is 1.82 bits per heavy atom. The quantitative estimate of drug-likeness (QED) is 0.683. The molecular weight excluding hydrogens is 316 g/mol. The number of benzene rings is 1. The molecule has 0 atom stereocenters. The van der Waals surface area contributed by atoms with Gasteiger partial charge in [-0.15, -0.1) is 0 Å². The van der Waals surface area contributed by atoms with Crippen molar-refractivity contribution in [2.45, 2.75) is 12.4 Å². The van der Waals surface area contributed by atoms with E-state index in [9.17, 15) is 31.1 Å². The first-order valence-electron chi connectivity index (χ1n) is 5.63. The molecule has 1 amide bonds. The van der Waals surface area contributed by atoms with Gasteiger partial charge in [0, 0.05) is 5.69 Å². The SMILES string of the molecule is [C-]#[N+]c1ccc(N(CC(N)=O)CC(F)(F)F)cc1C(F)(F)F. The van der Waals surface area contributed by atoms with Gasteiger partial charge in [-0.2, -0.15) is 26.3 Å². The molecule has 22 heavy (non-hydrogen) atoms. The number of amides is 1. The molecule has 0 aliphatic rings. The van der Waals surface area contributed by atoms with E-state index in [2.05, 4.69) is 4.85 Å². The summed E-state index contributed by atoms with van der Waals surface area (Å²) in [5.41, 5.74) is 2.18. The van der Waals surface area contributed by atoms with E-state index in [-0.39, 0.29) is 0 Å². The van der Waals surface area contributed by atoms with Crippen LogP contribution in [-0.2, 0) is 11.0 Å². The first-order valence-corrected chi connectivity index (χ1v) is 5.63. The fourth-order valence-corrected chi connectivity index (χ4v) is 1.69. The number of anilines is 1. The minimum Gasteiger partial charge on any atom is -0.368 e. The van der Waals surface area contributed by atoms with Gasteiger partial charge in [0.1, 0.15) is 6.54 Å². The van der Waals surface area contributed by atoms with Gasteiger partial charge in [0.25, 0.3) is 0 Å². The molecule has 0 radical (unpaired) electrons. The maximum atomic E-state index is 12.8. The molecule has 0 unspecified atom stereocenters. The van der Waals surface area contributed by atoms with Crippen LogP contribution in [0.4, 0.5) is 37.7 Å². The minimum atomic E-state index is -4.91. The second-order valence-corrected chi connectivity index (χ2v) is 4.25. The lowest BCUT2D eigenvalue weighted by Gasteiger charge is -2.25. The monoisotopic (exact) mass is 325 g/mol. The lowest BCUT2D eigenvalue weighted by atomic mass is 10.1. The molecule has 10 heteroatoms. The summed E-state index contributed by atoms with van der Waals surface area (Å²) >= 11 is 0. The van der Waals surface area contributed by atoms with Crippen LogP contribution in [-0.4, -0.2) is 25.2 Å². The Bertz CT molecular complexity index is 602. The van der Waals surface area contributed by atoms with E-state index < -0.39 is 48.3 Å². The van der Waals surface area contributed by atoms with E-state index in [1.807, 2.05) is 0 Å². The van der Waals surface area contributed by atoms with Crippen LogP contribution in [0.3, 0.4) is 0 Å². The Kier molecular flexibility index (Phi) is 4.91. The van der Waals surface area contributed by atoms with Gasteiger partial charge < -0.3 is 10.6 Å². The lowest BCUT2D eigenvalue weighted by Crippen LogP contribution is -2.40. The molecule has 0 spiro atoms. The van der Waals surface area contributed by atoms with Crippen LogP contribution < -0.4 is 10.6 Å². The van der Waals surface area contributed by atoms with E-state index in [0.29, 0.717) is 11.0 Å². The molecule has 4 nitrogen and oxygen atoms in total. The molecule has 0 fully saturated rings. The number of carbonyl (C=O) groups is 1. The van der Waals surface area contributed by atoms with E-state index in [1.165, 1.54) is 0 Å². The maximum absolute atomic E-state index is 12.8. The minimum absolute atomic E-state index is 0.366. The topological polar surface area (TPSA) is 50.7 Å². The molecule has 2 N–H and O–H groups in total. The van der Waals surface area contributed by atoms with Crippen LogP contribution in [0.5, 0.6) is 0 Å². The first kappa shape index (κ1) is 17.6. The highest BCUT2D eigenvalue weighted by Gasteiger charge is 2.36. The number of rotatable bonds is 4. The van der Waals surface area contributed by atoms with Crippen molar-refractivity contribution in [3.63, 3.8) is 0 Å². The van der Waals surface area contributed by atoms with Crippen LogP contribution in [0.2, 0.25) is 0 Å². The summed E-state index contributed by atoms with van der Waals surface area (Å²) in [6.07, 6.45) is -9.65. The van der Waals surface area contributed by atoms with E-state index >= 15 is 0 Å². The number of hydrogen-bond donors (Lipinski definition) is 1. The highest BCUT2D eigenvalue weighted by molar-refractivity contribution is 5.80. The molecule has 120 valence electrons. The van der Waals surface area contributed by atoms with Gasteiger partial charge in [-0.1, -0.05) is 6.07 Å². The maximum Gasteiger partial charge on any atom is 0.407 e. The second kappa shape index (κ2) is 6.13. The summed E-state index contributed by atoms with van der Waals surface area (Å²) in [6, 6.07) is 2.04. The Morgan fingerprint density at radius 3 is 2.23 bits per heavy atom. The fourth-order valence-electron chi connectivity index (χ4n) is 1.69.